The summed E-state index contributed by atoms with van der Waals surface area (Å²) in [6.45, 7) is 3.79. The number of thioether (sulfide) groups is 1. The molecule has 0 radical (unpaired) electrons. The van der Waals surface area contributed by atoms with Gasteiger partial charge in [-0.1, -0.05) is 37.1 Å². The molecular weight excluding hydrogens is 248 g/mol. The van der Waals surface area contributed by atoms with E-state index in [4.69, 9.17) is 0 Å². The Balaban J connectivity index is 1.64. The van der Waals surface area contributed by atoms with Gasteiger partial charge in [-0.3, -0.25) is 0 Å². The van der Waals surface area contributed by atoms with Crippen LogP contribution in [-0.4, -0.2) is 5.25 Å². The van der Waals surface area contributed by atoms with Crippen LogP contribution < -0.4 is 0 Å². The first-order valence-electron chi connectivity index (χ1n) is 7.71. The van der Waals surface area contributed by atoms with E-state index in [0.717, 1.165) is 11.2 Å². The van der Waals surface area contributed by atoms with Crippen molar-refractivity contribution in [2.75, 3.05) is 0 Å². The van der Waals surface area contributed by atoms with Crippen LogP contribution in [0.1, 0.15) is 51.4 Å². The molecule has 0 aromatic heterocycles. The van der Waals surface area contributed by atoms with Crippen LogP contribution in [0.25, 0.3) is 0 Å². The van der Waals surface area contributed by atoms with E-state index in [1.165, 1.54) is 56.3 Å². The van der Waals surface area contributed by atoms with Gasteiger partial charge in [0.1, 0.15) is 0 Å². The largest absolute Gasteiger partial charge is 0.123 e. The Morgan fingerprint density at radius 2 is 1.79 bits per heavy atom. The predicted octanol–water partition coefficient (Wildman–Crippen LogP) is 6.08. The first-order valence-corrected chi connectivity index (χ1v) is 8.59. The van der Waals surface area contributed by atoms with Crippen LogP contribution >= 0.6 is 11.8 Å². The zero-order valence-electron chi connectivity index (χ0n) is 11.9. The predicted molar refractivity (Wildman–Crippen MR) is 86.7 cm³/mol. The maximum atomic E-state index is 3.79. The second kappa shape index (κ2) is 8.47. The maximum absolute atomic E-state index is 3.79. The molecule has 0 nitrogen and oxygen atoms in total. The number of hydrogen-bond donors (Lipinski definition) is 0. The summed E-state index contributed by atoms with van der Waals surface area (Å²) in [5, 5.41) is 0.854. The van der Waals surface area contributed by atoms with Gasteiger partial charge in [0.25, 0.3) is 0 Å². The lowest BCUT2D eigenvalue weighted by molar-refractivity contribution is 0.336. The van der Waals surface area contributed by atoms with Crippen LogP contribution in [0.2, 0.25) is 0 Å². The molecule has 1 aromatic carbocycles. The smallest absolute Gasteiger partial charge is 0.00946 e. The van der Waals surface area contributed by atoms with Gasteiger partial charge in [-0.2, -0.15) is 0 Å². The van der Waals surface area contributed by atoms with Crippen LogP contribution in [-0.2, 0) is 0 Å². The molecule has 0 heterocycles. The summed E-state index contributed by atoms with van der Waals surface area (Å²) in [5.74, 6) is 0.998. The van der Waals surface area contributed by atoms with Crippen LogP contribution in [0.3, 0.4) is 0 Å². The average Bonchev–Trinajstić information content (AvgIpc) is 2.46. The van der Waals surface area contributed by atoms with Crippen molar-refractivity contribution in [3.05, 3.63) is 43.0 Å². The number of hydrogen-bond acceptors (Lipinski definition) is 1. The molecule has 0 bridgehead atoms. The Hall–Kier alpha value is -0.690. The van der Waals surface area contributed by atoms with Gasteiger partial charge in [-0.05, 0) is 56.6 Å². The number of allylic oxidation sites excluding steroid dienone is 1. The van der Waals surface area contributed by atoms with Crippen molar-refractivity contribution >= 4 is 11.8 Å². The molecule has 19 heavy (non-hydrogen) atoms. The minimum Gasteiger partial charge on any atom is -0.123 e. The standard InChI is InChI=1S/C18H26S/c1-2-3-4-6-9-16-12-14-18(15-13-16)19-17-10-7-5-8-11-17/h2,5,7-8,10-11,16,18H,1,3-4,6,9,12-15H2. The summed E-state index contributed by atoms with van der Waals surface area (Å²) >= 11 is 2.09. The molecule has 1 aliphatic rings. The maximum Gasteiger partial charge on any atom is 0.00946 e. The fraction of sp³-hybridized carbons (Fsp3) is 0.556. The fourth-order valence-electron chi connectivity index (χ4n) is 2.95. The summed E-state index contributed by atoms with van der Waals surface area (Å²) in [4.78, 5) is 1.44. The van der Waals surface area contributed by atoms with E-state index in [2.05, 4.69) is 48.7 Å². The van der Waals surface area contributed by atoms with Gasteiger partial charge >= 0.3 is 0 Å². The molecule has 104 valence electrons. The summed E-state index contributed by atoms with van der Waals surface area (Å²) in [7, 11) is 0. The molecule has 0 spiro atoms. The Morgan fingerprint density at radius 3 is 2.47 bits per heavy atom. The Labute approximate surface area is 122 Å². The van der Waals surface area contributed by atoms with Crippen molar-refractivity contribution in [3.63, 3.8) is 0 Å². The third kappa shape index (κ3) is 5.44. The van der Waals surface area contributed by atoms with Crippen LogP contribution in [0.4, 0.5) is 0 Å². The van der Waals surface area contributed by atoms with Crippen molar-refractivity contribution in [1.82, 2.24) is 0 Å². The van der Waals surface area contributed by atoms with Crippen molar-refractivity contribution < 1.29 is 0 Å². The monoisotopic (exact) mass is 274 g/mol. The molecule has 1 fully saturated rings. The third-order valence-corrected chi connectivity index (χ3v) is 5.46. The Morgan fingerprint density at radius 1 is 1.05 bits per heavy atom. The van der Waals surface area contributed by atoms with E-state index in [0.29, 0.717) is 0 Å². The number of benzene rings is 1. The molecule has 1 saturated carbocycles. The Bertz CT molecular complexity index is 349. The average molecular weight is 274 g/mol. The lowest BCUT2D eigenvalue weighted by Crippen LogP contribution is -2.16. The van der Waals surface area contributed by atoms with E-state index in [-0.39, 0.29) is 0 Å². The van der Waals surface area contributed by atoms with Gasteiger partial charge in [-0.15, -0.1) is 18.3 Å². The van der Waals surface area contributed by atoms with Crippen LogP contribution in [0.15, 0.2) is 47.9 Å². The van der Waals surface area contributed by atoms with E-state index < -0.39 is 0 Å². The zero-order chi connectivity index (χ0) is 13.3. The van der Waals surface area contributed by atoms with E-state index in [1.807, 2.05) is 6.08 Å². The summed E-state index contributed by atoms with van der Waals surface area (Å²) in [5.41, 5.74) is 0. The number of rotatable bonds is 7. The molecule has 0 saturated heterocycles. The topological polar surface area (TPSA) is 0 Å². The molecule has 0 amide bonds. The molecule has 0 unspecified atom stereocenters. The van der Waals surface area contributed by atoms with Gasteiger partial charge in [0.15, 0.2) is 0 Å². The fourth-order valence-corrected chi connectivity index (χ4v) is 4.16. The van der Waals surface area contributed by atoms with Crippen LogP contribution in [0, 0.1) is 5.92 Å². The van der Waals surface area contributed by atoms with Gasteiger partial charge in [0.05, 0.1) is 0 Å². The highest BCUT2D eigenvalue weighted by Gasteiger charge is 2.21. The van der Waals surface area contributed by atoms with Crippen LogP contribution in [0.5, 0.6) is 0 Å². The lowest BCUT2D eigenvalue weighted by atomic mass is 9.85. The molecule has 1 heteroatoms. The molecule has 0 aliphatic heterocycles. The quantitative estimate of drug-likeness (QED) is 0.428. The zero-order valence-corrected chi connectivity index (χ0v) is 12.7. The van der Waals surface area contributed by atoms with Crippen molar-refractivity contribution in [2.24, 2.45) is 5.92 Å². The minimum absolute atomic E-state index is 0.854. The SMILES string of the molecule is C=CCCCCC1CCC(Sc2ccccc2)CC1. The van der Waals surface area contributed by atoms with Crippen molar-refractivity contribution in [2.45, 2.75) is 61.5 Å². The summed E-state index contributed by atoms with van der Waals surface area (Å²) in [6, 6.07) is 10.9. The molecule has 1 aliphatic carbocycles. The van der Waals surface area contributed by atoms with E-state index >= 15 is 0 Å². The first-order chi connectivity index (χ1) is 9.38. The second-order valence-corrected chi connectivity index (χ2v) is 7.02. The molecule has 0 N–H and O–H groups in total. The normalized spacial score (nSPS) is 23.2. The first kappa shape index (κ1) is 14.7. The highest BCUT2D eigenvalue weighted by molar-refractivity contribution is 8.00. The third-order valence-electron chi connectivity index (χ3n) is 4.11. The van der Waals surface area contributed by atoms with Crippen molar-refractivity contribution in [1.29, 1.82) is 0 Å². The van der Waals surface area contributed by atoms with E-state index in [9.17, 15) is 0 Å². The second-order valence-electron chi connectivity index (χ2n) is 5.65. The van der Waals surface area contributed by atoms with Gasteiger partial charge < -0.3 is 0 Å². The summed E-state index contributed by atoms with van der Waals surface area (Å²) in [6.07, 6.45) is 13.1. The molecular formula is C18H26S. The van der Waals surface area contributed by atoms with Gasteiger partial charge in [0.2, 0.25) is 0 Å². The Kier molecular flexibility index (Phi) is 6.56. The highest BCUT2D eigenvalue weighted by Crippen LogP contribution is 2.37. The highest BCUT2D eigenvalue weighted by atomic mass is 32.2. The molecule has 0 atom stereocenters. The van der Waals surface area contributed by atoms with E-state index in [1.54, 1.807) is 0 Å². The minimum atomic E-state index is 0.854. The van der Waals surface area contributed by atoms with Crippen molar-refractivity contribution in [3.8, 4) is 0 Å². The molecule has 2 rings (SSSR count). The van der Waals surface area contributed by atoms with Gasteiger partial charge in [-0.25, -0.2) is 0 Å². The lowest BCUT2D eigenvalue weighted by Gasteiger charge is -2.28. The van der Waals surface area contributed by atoms with Gasteiger partial charge in [0, 0.05) is 10.1 Å². The number of unbranched alkanes of at least 4 members (excludes halogenated alkanes) is 2. The summed E-state index contributed by atoms with van der Waals surface area (Å²) < 4.78 is 0. The molecule has 1 aromatic rings.